The molecule has 1 atom stereocenters. The lowest BCUT2D eigenvalue weighted by Crippen LogP contribution is -2.53. The van der Waals surface area contributed by atoms with Gasteiger partial charge in [0.15, 0.2) is 0 Å². The molecule has 2 aliphatic heterocycles. The maximum absolute atomic E-state index is 2.76. The zero-order chi connectivity index (χ0) is 9.60. The summed E-state index contributed by atoms with van der Waals surface area (Å²) in [6.45, 7) is 5.20. The molecule has 0 N–H and O–H groups in total. The van der Waals surface area contributed by atoms with Crippen LogP contribution in [0.25, 0.3) is 0 Å². The Morgan fingerprint density at radius 3 is 2.86 bits per heavy atom. The highest BCUT2D eigenvalue weighted by Crippen LogP contribution is 2.46. The second-order valence-corrected chi connectivity index (χ2v) is 5.40. The molecule has 1 nitrogen and oxygen atoms in total. The third-order valence-electron chi connectivity index (χ3n) is 4.71. The number of hydrogen-bond acceptors (Lipinski definition) is 1. The van der Waals surface area contributed by atoms with Gasteiger partial charge in [0.2, 0.25) is 0 Å². The molecule has 1 saturated heterocycles. The van der Waals surface area contributed by atoms with Crippen LogP contribution in [-0.4, -0.2) is 23.5 Å². The zero-order valence-electron chi connectivity index (χ0n) is 9.31. The molecule has 1 fully saturated rings. The van der Waals surface area contributed by atoms with E-state index in [9.17, 15) is 0 Å². The molecule has 3 aliphatic rings. The fraction of sp³-hybridized carbons (Fsp3) is 0.846. The fourth-order valence-electron chi connectivity index (χ4n) is 3.88. The lowest BCUT2D eigenvalue weighted by atomic mass is 9.77. The van der Waals surface area contributed by atoms with E-state index in [1.54, 1.807) is 0 Å². The summed E-state index contributed by atoms with van der Waals surface area (Å²) in [6, 6.07) is 0. The molecule has 0 aromatic carbocycles. The van der Waals surface area contributed by atoms with Gasteiger partial charge in [0, 0.05) is 12.1 Å². The average molecular weight is 191 g/mol. The average Bonchev–Trinajstić information content (AvgIpc) is 2.66. The van der Waals surface area contributed by atoms with Crippen molar-refractivity contribution in [3.8, 4) is 0 Å². The first kappa shape index (κ1) is 8.96. The third-order valence-corrected chi connectivity index (χ3v) is 4.71. The molecule has 2 heterocycles. The van der Waals surface area contributed by atoms with Gasteiger partial charge in [-0.3, -0.25) is 4.90 Å². The second kappa shape index (κ2) is 3.10. The molecule has 0 aromatic heterocycles. The van der Waals surface area contributed by atoms with Crippen molar-refractivity contribution >= 4 is 0 Å². The van der Waals surface area contributed by atoms with E-state index < -0.39 is 0 Å². The summed E-state index contributed by atoms with van der Waals surface area (Å²) in [5.74, 6) is 0. The van der Waals surface area contributed by atoms with Crippen LogP contribution in [0.4, 0.5) is 0 Å². The molecule has 0 amide bonds. The van der Waals surface area contributed by atoms with Gasteiger partial charge in [-0.1, -0.05) is 17.6 Å². The fourth-order valence-corrected chi connectivity index (χ4v) is 3.88. The molecule has 0 saturated carbocycles. The van der Waals surface area contributed by atoms with Gasteiger partial charge in [0.1, 0.15) is 0 Å². The summed E-state index contributed by atoms with van der Waals surface area (Å²) in [6.07, 6.45) is 9.94. The van der Waals surface area contributed by atoms with Gasteiger partial charge in [-0.2, -0.15) is 0 Å². The summed E-state index contributed by atoms with van der Waals surface area (Å²) in [4.78, 5) is 2.76. The van der Waals surface area contributed by atoms with Gasteiger partial charge in [-0.05, 0) is 52.0 Å². The normalized spacial score (nSPS) is 38.4. The van der Waals surface area contributed by atoms with Crippen LogP contribution in [0.1, 0.15) is 51.9 Å². The molecular formula is C13H21N. The minimum Gasteiger partial charge on any atom is -0.294 e. The minimum absolute atomic E-state index is 0.488. The van der Waals surface area contributed by atoms with Crippen LogP contribution in [0.2, 0.25) is 0 Å². The van der Waals surface area contributed by atoms with Gasteiger partial charge >= 0.3 is 0 Å². The quantitative estimate of drug-likeness (QED) is 0.532. The van der Waals surface area contributed by atoms with E-state index in [1.165, 1.54) is 58.0 Å². The van der Waals surface area contributed by atoms with Crippen molar-refractivity contribution in [1.29, 1.82) is 0 Å². The van der Waals surface area contributed by atoms with Crippen LogP contribution in [-0.2, 0) is 0 Å². The first-order valence-corrected chi connectivity index (χ1v) is 6.27. The lowest BCUT2D eigenvalue weighted by Gasteiger charge is -2.49. The standard InChI is InChI=1S/C13H21N/c1-13-8-2-3-9-14(13)10-7-11-5-4-6-12(11)13/h2-10H2,1H3/t13-/m1/s1. The third kappa shape index (κ3) is 1.11. The van der Waals surface area contributed by atoms with Crippen molar-refractivity contribution in [3.63, 3.8) is 0 Å². The van der Waals surface area contributed by atoms with E-state index in [0.717, 1.165) is 0 Å². The Bertz CT molecular complexity index is 279. The molecule has 0 radical (unpaired) electrons. The molecule has 0 bridgehead atoms. The van der Waals surface area contributed by atoms with Gasteiger partial charge in [0.05, 0.1) is 0 Å². The van der Waals surface area contributed by atoms with E-state index in [2.05, 4.69) is 11.8 Å². The lowest BCUT2D eigenvalue weighted by molar-refractivity contribution is 0.0805. The van der Waals surface area contributed by atoms with Crippen molar-refractivity contribution in [2.75, 3.05) is 13.1 Å². The van der Waals surface area contributed by atoms with Gasteiger partial charge < -0.3 is 0 Å². The Morgan fingerprint density at radius 1 is 1.00 bits per heavy atom. The van der Waals surface area contributed by atoms with E-state index in [1.807, 2.05) is 11.1 Å². The van der Waals surface area contributed by atoms with Crippen molar-refractivity contribution in [2.24, 2.45) is 0 Å². The monoisotopic (exact) mass is 191 g/mol. The molecule has 1 heteroatoms. The first-order chi connectivity index (χ1) is 6.81. The van der Waals surface area contributed by atoms with E-state index >= 15 is 0 Å². The highest BCUT2D eigenvalue weighted by Gasteiger charge is 2.42. The van der Waals surface area contributed by atoms with Gasteiger partial charge in [-0.15, -0.1) is 0 Å². The van der Waals surface area contributed by atoms with Crippen LogP contribution in [0.5, 0.6) is 0 Å². The number of rotatable bonds is 0. The maximum atomic E-state index is 2.76. The number of nitrogens with zero attached hydrogens (tertiary/aromatic N) is 1. The van der Waals surface area contributed by atoms with Gasteiger partial charge in [-0.25, -0.2) is 0 Å². The van der Waals surface area contributed by atoms with Crippen LogP contribution in [0, 0.1) is 0 Å². The van der Waals surface area contributed by atoms with Crippen molar-refractivity contribution in [3.05, 3.63) is 11.1 Å². The summed E-state index contributed by atoms with van der Waals surface area (Å²) in [5.41, 5.74) is 4.18. The van der Waals surface area contributed by atoms with Crippen LogP contribution >= 0.6 is 0 Å². The molecule has 0 unspecified atom stereocenters. The van der Waals surface area contributed by atoms with Crippen molar-refractivity contribution in [2.45, 2.75) is 57.4 Å². The van der Waals surface area contributed by atoms with Crippen LogP contribution in [0.15, 0.2) is 11.1 Å². The largest absolute Gasteiger partial charge is 0.294 e. The Balaban J connectivity index is 1.98. The second-order valence-electron chi connectivity index (χ2n) is 5.40. The Hall–Kier alpha value is -0.300. The number of piperidine rings is 1. The molecule has 1 aliphatic carbocycles. The van der Waals surface area contributed by atoms with Crippen LogP contribution in [0.3, 0.4) is 0 Å². The Morgan fingerprint density at radius 2 is 1.93 bits per heavy atom. The zero-order valence-corrected chi connectivity index (χ0v) is 9.31. The van der Waals surface area contributed by atoms with E-state index in [0.29, 0.717) is 5.54 Å². The summed E-state index contributed by atoms with van der Waals surface area (Å²) < 4.78 is 0. The summed E-state index contributed by atoms with van der Waals surface area (Å²) in [7, 11) is 0. The van der Waals surface area contributed by atoms with Gasteiger partial charge in [0.25, 0.3) is 0 Å². The molecule has 0 spiro atoms. The van der Waals surface area contributed by atoms with Crippen LogP contribution < -0.4 is 0 Å². The summed E-state index contributed by atoms with van der Waals surface area (Å²) >= 11 is 0. The predicted molar refractivity (Wildman–Crippen MR) is 59.3 cm³/mol. The van der Waals surface area contributed by atoms with Crippen molar-refractivity contribution < 1.29 is 0 Å². The minimum atomic E-state index is 0.488. The van der Waals surface area contributed by atoms with E-state index in [-0.39, 0.29) is 0 Å². The highest BCUT2D eigenvalue weighted by molar-refractivity contribution is 5.33. The topological polar surface area (TPSA) is 3.24 Å². The molecule has 78 valence electrons. The molecule has 3 rings (SSSR count). The molecular weight excluding hydrogens is 170 g/mol. The Labute approximate surface area is 87.2 Å². The SMILES string of the molecule is C[C@]12CCCCN1CCC1=C2CCC1. The summed E-state index contributed by atoms with van der Waals surface area (Å²) in [5, 5.41) is 0. The smallest absolute Gasteiger partial charge is 0.0395 e. The first-order valence-electron chi connectivity index (χ1n) is 6.27. The maximum Gasteiger partial charge on any atom is 0.0395 e. The molecule has 0 aromatic rings. The Kier molecular flexibility index (Phi) is 1.98. The van der Waals surface area contributed by atoms with E-state index in [4.69, 9.17) is 0 Å². The molecule has 14 heavy (non-hydrogen) atoms. The van der Waals surface area contributed by atoms with Crippen molar-refractivity contribution in [1.82, 2.24) is 4.90 Å². The number of fused-ring (bicyclic) bond motifs is 2. The highest BCUT2D eigenvalue weighted by atomic mass is 15.2. The predicted octanol–water partition coefficient (Wildman–Crippen LogP) is 3.12. The number of hydrogen-bond donors (Lipinski definition) is 0.